The van der Waals surface area contributed by atoms with Crippen LogP contribution in [0.4, 0.5) is 5.69 Å². The van der Waals surface area contributed by atoms with Gasteiger partial charge < -0.3 is 25.3 Å². The molecule has 0 unspecified atom stereocenters. The molecule has 0 radical (unpaired) electrons. The lowest BCUT2D eigenvalue weighted by molar-refractivity contribution is -0.655. The fourth-order valence-electron chi connectivity index (χ4n) is 3.01. The molecule has 1 aromatic rings. The van der Waals surface area contributed by atoms with Crippen molar-refractivity contribution in [3.63, 3.8) is 0 Å². The molecule has 0 fully saturated rings. The second kappa shape index (κ2) is 8.13. The fraction of sp³-hybridized carbons (Fsp3) is 0.444. The summed E-state index contributed by atoms with van der Waals surface area (Å²) in [6.07, 6.45) is 0. The van der Waals surface area contributed by atoms with Crippen LogP contribution in [0, 0.1) is 0 Å². The van der Waals surface area contributed by atoms with Gasteiger partial charge in [-0.15, -0.1) is 0 Å². The molecule has 0 aromatic heterocycles. The lowest BCUT2D eigenvalue weighted by Gasteiger charge is -2.26. The number of amides is 1. The second-order valence-electron chi connectivity index (χ2n) is 6.30. The van der Waals surface area contributed by atoms with E-state index in [1.807, 2.05) is 48.6 Å². The van der Waals surface area contributed by atoms with Crippen LogP contribution in [0.2, 0.25) is 0 Å². The van der Waals surface area contributed by atoms with Gasteiger partial charge in [0.25, 0.3) is 5.91 Å². The molecule has 136 valence electrons. The third kappa shape index (κ3) is 4.00. The van der Waals surface area contributed by atoms with Gasteiger partial charge in [-0.2, -0.15) is 0 Å². The molecule has 0 aliphatic carbocycles. The van der Waals surface area contributed by atoms with Crippen molar-refractivity contribution < 1.29 is 25.1 Å². The molecular weight excluding hydrogens is 322 g/mol. The molecular formula is C18H26N3O4+. The van der Waals surface area contributed by atoms with Crippen molar-refractivity contribution in [2.24, 2.45) is 0 Å². The molecule has 0 saturated heterocycles. The first-order valence-corrected chi connectivity index (χ1v) is 8.33. The average molecular weight is 348 g/mol. The smallest absolute Gasteiger partial charge is 0.290 e. The molecule has 1 aliphatic heterocycles. The zero-order valence-corrected chi connectivity index (χ0v) is 14.9. The summed E-state index contributed by atoms with van der Waals surface area (Å²) in [6.45, 7) is 2.92. The van der Waals surface area contributed by atoms with Gasteiger partial charge in [-0.05, 0) is 24.6 Å². The van der Waals surface area contributed by atoms with Crippen molar-refractivity contribution in [1.29, 1.82) is 0 Å². The number of anilines is 1. The van der Waals surface area contributed by atoms with E-state index in [4.69, 9.17) is 5.11 Å². The Morgan fingerprint density at radius 1 is 1.24 bits per heavy atom. The molecule has 1 aromatic carbocycles. The number of ketones is 1. The molecule has 1 heterocycles. The van der Waals surface area contributed by atoms with Gasteiger partial charge in [-0.3, -0.25) is 9.59 Å². The lowest BCUT2D eigenvalue weighted by Crippen LogP contribution is -2.86. The number of carbonyl (C=O) groups is 2. The maximum Gasteiger partial charge on any atom is 0.290 e. The van der Waals surface area contributed by atoms with Crippen LogP contribution in [0.5, 0.6) is 0 Å². The third-order valence-electron chi connectivity index (χ3n) is 4.32. The molecule has 0 spiro atoms. The van der Waals surface area contributed by atoms with Crippen LogP contribution < -0.4 is 10.2 Å². The van der Waals surface area contributed by atoms with E-state index in [9.17, 15) is 14.7 Å². The number of hydrogen-bond donors (Lipinski definition) is 3. The van der Waals surface area contributed by atoms with E-state index < -0.39 is 17.7 Å². The van der Waals surface area contributed by atoms with Crippen molar-refractivity contribution in [3.8, 4) is 0 Å². The Kier molecular flexibility index (Phi) is 6.17. The van der Waals surface area contributed by atoms with E-state index in [0.29, 0.717) is 19.6 Å². The predicted molar refractivity (Wildman–Crippen MR) is 94.3 cm³/mol. The van der Waals surface area contributed by atoms with Crippen molar-refractivity contribution in [2.75, 3.05) is 45.2 Å². The quantitative estimate of drug-likeness (QED) is 0.555. The average Bonchev–Trinajstić information content (AvgIpc) is 2.83. The SMILES string of the molecule is CC(=O)C1=C(O)C(=O)N(CC[NH2+]CCO)[C@H]1c1ccc(N(C)C)cc1. The summed E-state index contributed by atoms with van der Waals surface area (Å²) >= 11 is 0. The molecule has 25 heavy (non-hydrogen) atoms. The Bertz CT molecular complexity index is 667. The molecule has 0 saturated carbocycles. The predicted octanol–water partition coefficient (Wildman–Crippen LogP) is -0.407. The Morgan fingerprint density at radius 3 is 2.40 bits per heavy atom. The Morgan fingerprint density at radius 2 is 1.88 bits per heavy atom. The fourth-order valence-corrected chi connectivity index (χ4v) is 3.01. The molecule has 1 atom stereocenters. The third-order valence-corrected chi connectivity index (χ3v) is 4.32. The molecule has 0 bridgehead atoms. The topological polar surface area (TPSA) is 97.7 Å². The van der Waals surface area contributed by atoms with E-state index in [1.54, 1.807) is 0 Å². The molecule has 7 heteroatoms. The van der Waals surface area contributed by atoms with Gasteiger partial charge in [0, 0.05) is 19.8 Å². The zero-order chi connectivity index (χ0) is 18.6. The number of rotatable bonds is 8. The highest BCUT2D eigenvalue weighted by molar-refractivity contribution is 6.08. The van der Waals surface area contributed by atoms with Crippen molar-refractivity contribution >= 4 is 17.4 Å². The van der Waals surface area contributed by atoms with Crippen LogP contribution >= 0.6 is 0 Å². The summed E-state index contributed by atoms with van der Waals surface area (Å²) in [6, 6.07) is 7.01. The first-order valence-electron chi connectivity index (χ1n) is 8.33. The van der Waals surface area contributed by atoms with Gasteiger partial charge >= 0.3 is 0 Å². The van der Waals surface area contributed by atoms with Gasteiger partial charge in [-0.25, -0.2) is 0 Å². The van der Waals surface area contributed by atoms with Gasteiger partial charge in [-0.1, -0.05) is 12.1 Å². The molecule has 7 nitrogen and oxygen atoms in total. The van der Waals surface area contributed by atoms with Gasteiger partial charge in [0.2, 0.25) is 0 Å². The molecule has 2 rings (SSSR count). The normalized spacial score (nSPS) is 17.4. The summed E-state index contributed by atoms with van der Waals surface area (Å²) in [5.41, 5.74) is 1.94. The number of nitrogens with zero attached hydrogens (tertiary/aromatic N) is 2. The van der Waals surface area contributed by atoms with Crippen LogP contribution in [-0.2, 0) is 9.59 Å². The van der Waals surface area contributed by atoms with Crippen molar-refractivity contribution in [3.05, 3.63) is 41.2 Å². The number of aliphatic hydroxyl groups is 2. The zero-order valence-electron chi connectivity index (χ0n) is 14.9. The number of aliphatic hydroxyl groups excluding tert-OH is 2. The van der Waals surface area contributed by atoms with E-state index in [2.05, 4.69) is 0 Å². The van der Waals surface area contributed by atoms with Gasteiger partial charge in [0.15, 0.2) is 11.5 Å². The standard InChI is InChI=1S/C18H25N3O4/c1-12(23)15-16(13-4-6-14(7-5-13)20(2)3)21(18(25)17(15)24)10-8-19-9-11-22/h4-7,16,19,22,24H,8-11H2,1-3H3/p+1/t16-/m0/s1. The van der Waals surface area contributed by atoms with E-state index >= 15 is 0 Å². The summed E-state index contributed by atoms with van der Waals surface area (Å²) < 4.78 is 0. The molecule has 1 amide bonds. The summed E-state index contributed by atoms with van der Waals surface area (Å²) in [4.78, 5) is 28.0. The van der Waals surface area contributed by atoms with Crippen molar-refractivity contribution in [1.82, 2.24) is 4.90 Å². The number of benzene rings is 1. The van der Waals surface area contributed by atoms with Crippen molar-refractivity contribution in [2.45, 2.75) is 13.0 Å². The Hall–Kier alpha value is -2.38. The minimum Gasteiger partial charge on any atom is -0.503 e. The van der Waals surface area contributed by atoms with Crippen LogP contribution in [0.3, 0.4) is 0 Å². The van der Waals surface area contributed by atoms with E-state index in [1.165, 1.54) is 11.8 Å². The largest absolute Gasteiger partial charge is 0.503 e. The molecule has 4 N–H and O–H groups in total. The van der Waals surface area contributed by atoms with Crippen LogP contribution in [0.25, 0.3) is 0 Å². The number of quaternary nitrogens is 1. The van der Waals surface area contributed by atoms with Gasteiger partial charge in [0.1, 0.15) is 0 Å². The van der Waals surface area contributed by atoms with E-state index in [-0.39, 0.29) is 18.0 Å². The van der Waals surface area contributed by atoms with E-state index in [0.717, 1.165) is 11.3 Å². The maximum absolute atomic E-state index is 12.4. The van der Waals surface area contributed by atoms with Crippen LogP contribution in [0.1, 0.15) is 18.5 Å². The Balaban J connectivity index is 2.32. The first kappa shape index (κ1) is 19.0. The lowest BCUT2D eigenvalue weighted by atomic mass is 9.96. The monoisotopic (exact) mass is 348 g/mol. The minimum absolute atomic E-state index is 0.0611. The number of Topliss-reactive ketones (excluding diaryl/α,β-unsaturated/α-hetero) is 1. The summed E-state index contributed by atoms with van der Waals surface area (Å²) in [7, 11) is 3.87. The highest BCUT2D eigenvalue weighted by Crippen LogP contribution is 2.37. The maximum atomic E-state index is 12.4. The number of carbonyl (C=O) groups excluding carboxylic acids is 2. The number of nitrogens with two attached hydrogens (primary N) is 1. The summed E-state index contributed by atoms with van der Waals surface area (Å²) in [5.74, 6) is -1.30. The van der Waals surface area contributed by atoms with Crippen LogP contribution in [0.15, 0.2) is 35.6 Å². The second-order valence-corrected chi connectivity index (χ2v) is 6.30. The first-order chi connectivity index (χ1) is 11.9. The Labute approximate surface area is 147 Å². The molecule has 1 aliphatic rings. The summed E-state index contributed by atoms with van der Waals surface area (Å²) in [5, 5.41) is 20.9. The van der Waals surface area contributed by atoms with Crippen LogP contribution in [-0.4, -0.2) is 67.1 Å². The highest BCUT2D eigenvalue weighted by Gasteiger charge is 2.42. The minimum atomic E-state index is -0.580. The number of hydrogen-bond acceptors (Lipinski definition) is 5. The highest BCUT2D eigenvalue weighted by atomic mass is 16.3. The van der Waals surface area contributed by atoms with Gasteiger partial charge in [0.05, 0.1) is 37.9 Å².